The van der Waals surface area contributed by atoms with Crippen molar-refractivity contribution in [3.63, 3.8) is 0 Å². The Kier molecular flexibility index (Phi) is 3.54. The molecule has 0 radical (unpaired) electrons. The largest absolute Gasteiger partial charge is 0.333 e. The number of hydrogen-bond donors (Lipinski definition) is 2. The van der Waals surface area contributed by atoms with Gasteiger partial charge in [0.2, 0.25) is 0 Å². The number of nitrogens with one attached hydrogen (secondary N) is 2. The molecular weight excluding hydrogens is 166 g/mol. The first-order valence-corrected chi connectivity index (χ1v) is 4.99. The van der Waals surface area contributed by atoms with Crippen molar-refractivity contribution in [2.45, 2.75) is 39.8 Å². The van der Waals surface area contributed by atoms with Crippen molar-refractivity contribution in [3.8, 4) is 0 Å². The second-order valence-corrected chi connectivity index (χ2v) is 3.81. The molecule has 1 aliphatic rings. The first kappa shape index (κ1) is 10.3. The zero-order valence-corrected chi connectivity index (χ0v) is 8.63. The average molecular weight is 185 g/mol. The highest BCUT2D eigenvalue weighted by molar-refractivity contribution is 5.75. The first-order valence-electron chi connectivity index (χ1n) is 4.99. The smallest absolute Gasteiger partial charge is 0.320 e. The van der Waals surface area contributed by atoms with Crippen LogP contribution in [0.15, 0.2) is 0 Å². The minimum absolute atomic E-state index is 0.00662. The van der Waals surface area contributed by atoms with Gasteiger partial charge < -0.3 is 5.32 Å². The lowest BCUT2D eigenvalue weighted by Gasteiger charge is -2.17. The molecule has 0 spiro atoms. The van der Waals surface area contributed by atoms with E-state index in [0.717, 1.165) is 19.4 Å². The second-order valence-electron chi connectivity index (χ2n) is 3.81. The van der Waals surface area contributed by atoms with Gasteiger partial charge in [0.25, 0.3) is 0 Å². The summed E-state index contributed by atoms with van der Waals surface area (Å²) in [6.45, 7) is 7.09. The third-order valence-electron chi connectivity index (χ3n) is 2.22. The summed E-state index contributed by atoms with van der Waals surface area (Å²) in [7, 11) is 0. The Labute approximate surface area is 79.6 Å². The Morgan fingerprint density at radius 1 is 1.54 bits per heavy atom. The Hall–Kier alpha value is -0.770. The third-order valence-corrected chi connectivity index (χ3v) is 2.22. The minimum atomic E-state index is 0.00662. The van der Waals surface area contributed by atoms with E-state index in [1.54, 1.807) is 5.01 Å². The summed E-state index contributed by atoms with van der Waals surface area (Å²) >= 11 is 0. The standard InChI is InChI=1S/C9H19N3O/c1-4-5-6-12-9(13)10-8(11-12)7(2)3/h7-8,11H,4-6H2,1-3H3,(H,10,13). The molecule has 0 aromatic heterocycles. The molecule has 76 valence electrons. The SMILES string of the molecule is CCCCN1NC(C(C)C)NC1=O. The van der Waals surface area contributed by atoms with Gasteiger partial charge in [0.1, 0.15) is 6.17 Å². The van der Waals surface area contributed by atoms with Gasteiger partial charge in [-0.05, 0) is 12.3 Å². The number of nitrogens with zero attached hydrogens (tertiary/aromatic N) is 1. The summed E-state index contributed by atoms with van der Waals surface area (Å²) in [6.07, 6.45) is 2.26. The molecule has 0 aromatic rings. The van der Waals surface area contributed by atoms with Crippen LogP contribution in [0.5, 0.6) is 0 Å². The zero-order valence-electron chi connectivity index (χ0n) is 8.63. The number of hydrazine groups is 1. The zero-order chi connectivity index (χ0) is 9.84. The van der Waals surface area contributed by atoms with Crippen LogP contribution in [0.1, 0.15) is 33.6 Å². The molecule has 4 heteroatoms. The van der Waals surface area contributed by atoms with Crippen LogP contribution in [0, 0.1) is 5.92 Å². The minimum Gasteiger partial charge on any atom is -0.320 e. The van der Waals surface area contributed by atoms with Crippen molar-refractivity contribution in [1.29, 1.82) is 0 Å². The molecule has 2 amide bonds. The fourth-order valence-corrected chi connectivity index (χ4v) is 1.27. The van der Waals surface area contributed by atoms with Crippen LogP contribution in [0.25, 0.3) is 0 Å². The monoisotopic (exact) mass is 185 g/mol. The number of urea groups is 1. The number of carbonyl (C=O) groups excluding carboxylic acids is 1. The second kappa shape index (κ2) is 4.46. The molecule has 1 rings (SSSR count). The number of rotatable bonds is 4. The van der Waals surface area contributed by atoms with Gasteiger partial charge in [0.05, 0.1) is 0 Å². The summed E-state index contributed by atoms with van der Waals surface area (Å²) in [5.74, 6) is 0.426. The Morgan fingerprint density at radius 2 is 2.23 bits per heavy atom. The Morgan fingerprint density at radius 3 is 2.69 bits per heavy atom. The molecule has 0 saturated carbocycles. The number of hydrogen-bond acceptors (Lipinski definition) is 2. The van der Waals surface area contributed by atoms with Crippen LogP contribution < -0.4 is 10.7 Å². The van der Waals surface area contributed by atoms with Crippen LogP contribution in [-0.4, -0.2) is 23.8 Å². The molecule has 0 bridgehead atoms. The normalized spacial score (nSPS) is 22.6. The predicted molar refractivity (Wildman–Crippen MR) is 51.9 cm³/mol. The highest BCUT2D eigenvalue weighted by Gasteiger charge is 2.28. The molecule has 1 heterocycles. The van der Waals surface area contributed by atoms with Crippen LogP contribution in [0.4, 0.5) is 4.79 Å². The van der Waals surface area contributed by atoms with Crippen molar-refractivity contribution in [2.75, 3.05) is 6.54 Å². The lowest BCUT2D eigenvalue weighted by molar-refractivity contribution is 0.194. The van der Waals surface area contributed by atoms with Crippen molar-refractivity contribution in [1.82, 2.24) is 15.8 Å². The third kappa shape index (κ3) is 2.59. The van der Waals surface area contributed by atoms with Gasteiger partial charge in [-0.15, -0.1) is 0 Å². The fraction of sp³-hybridized carbons (Fsp3) is 0.889. The summed E-state index contributed by atoms with van der Waals surface area (Å²) in [6, 6.07) is 0.00662. The predicted octanol–water partition coefficient (Wildman–Crippen LogP) is 1.30. The molecule has 0 aliphatic carbocycles. The molecule has 0 aromatic carbocycles. The number of unbranched alkanes of at least 4 members (excludes halogenated alkanes) is 1. The van der Waals surface area contributed by atoms with Crippen molar-refractivity contribution >= 4 is 6.03 Å². The summed E-state index contributed by atoms with van der Waals surface area (Å²) < 4.78 is 0. The average Bonchev–Trinajstić information content (AvgIpc) is 2.44. The van der Waals surface area contributed by atoms with Crippen LogP contribution in [0.3, 0.4) is 0 Å². The summed E-state index contributed by atoms with van der Waals surface area (Å²) in [4.78, 5) is 11.3. The van der Waals surface area contributed by atoms with Crippen molar-refractivity contribution in [3.05, 3.63) is 0 Å². The van der Waals surface area contributed by atoms with Crippen molar-refractivity contribution in [2.24, 2.45) is 5.92 Å². The van der Waals surface area contributed by atoms with Crippen LogP contribution in [-0.2, 0) is 0 Å². The lowest BCUT2D eigenvalue weighted by Crippen LogP contribution is -2.40. The van der Waals surface area contributed by atoms with E-state index < -0.39 is 0 Å². The maximum Gasteiger partial charge on any atom is 0.333 e. The number of carbonyl (C=O) groups is 1. The Balaban J connectivity index is 2.37. The summed E-state index contributed by atoms with van der Waals surface area (Å²) in [5.41, 5.74) is 3.15. The maximum absolute atomic E-state index is 11.3. The van der Waals surface area contributed by atoms with Gasteiger partial charge in [0.15, 0.2) is 0 Å². The molecule has 2 N–H and O–H groups in total. The summed E-state index contributed by atoms with van der Waals surface area (Å²) in [5, 5.41) is 4.56. The molecule has 1 fully saturated rings. The van der Waals surface area contributed by atoms with Gasteiger partial charge in [-0.2, -0.15) is 0 Å². The van der Waals surface area contributed by atoms with Gasteiger partial charge >= 0.3 is 6.03 Å². The van der Waals surface area contributed by atoms with Crippen molar-refractivity contribution < 1.29 is 4.79 Å². The van der Waals surface area contributed by atoms with E-state index in [4.69, 9.17) is 0 Å². The van der Waals surface area contributed by atoms with E-state index in [2.05, 4.69) is 31.5 Å². The molecule has 1 aliphatic heterocycles. The van der Waals surface area contributed by atoms with E-state index in [1.807, 2.05) is 0 Å². The fourth-order valence-electron chi connectivity index (χ4n) is 1.27. The van der Waals surface area contributed by atoms with Gasteiger partial charge in [0, 0.05) is 6.54 Å². The van der Waals surface area contributed by atoms with Crippen LogP contribution in [0.2, 0.25) is 0 Å². The topological polar surface area (TPSA) is 44.4 Å². The van der Waals surface area contributed by atoms with Crippen LogP contribution >= 0.6 is 0 Å². The molecule has 1 saturated heterocycles. The van der Waals surface area contributed by atoms with Gasteiger partial charge in [-0.3, -0.25) is 5.01 Å². The van der Waals surface area contributed by atoms with Gasteiger partial charge in [-0.25, -0.2) is 10.2 Å². The highest BCUT2D eigenvalue weighted by Crippen LogP contribution is 2.07. The molecular formula is C9H19N3O. The van der Waals surface area contributed by atoms with E-state index in [9.17, 15) is 4.79 Å². The first-order chi connectivity index (χ1) is 6.15. The molecule has 1 atom stereocenters. The van der Waals surface area contributed by atoms with E-state index >= 15 is 0 Å². The molecule has 4 nitrogen and oxygen atoms in total. The quantitative estimate of drug-likeness (QED) is 0.693. The highest BCUT2D eigenvalue weighted by atomic mass is 16.2. The maximum atomic E-state index is 11.3. The van der Waals surface area contributed by atoms with Gasteiger partial charge in [-0.1, -0.05) is 27.2 Å². The molecule has 13 heavy (non-hydrogen) atoms. The lowest BCUT2D eigenvalue weighted by atomic mass is 10.2. The Bertz CT molecular complexity index is 182. The van der Waals surface area contributed by atoms with E-state index in [-0.39, 0.29) is 12.2 Å². The number of amides is 2. The van der Waals surface area contributed by atoms with E-state index in [0.29, 0.717) is 5.92 Å². The molecule has 1 unspecified atom stereocenters. The van der Waals surface area contributed by atoms with E-state index in [1.165, 1.54) is 0 Å².